The Morgan fingerprint density at radius 1 is 1.50 bits per heavy atom. The fraction of sp³-hybridized carbons (Fsp3) is 0.455. The van der Waals surface area contributed by atoms with Crippen LogP contribution in [0.5, 0.6) is 0 Å². The van der Waals surface area contributed by atoms with Crippen molar-refractivity contribution >= 4 is 5.71 Å². The molecule has 0 unspecified atom stereocenters. The van der Waals surface area contributed by atoms with Gasteiger partial charge in [0, 0.05) is 18.7 Å². The Kier molecular flexibility index (Phi) is 3.77. The summed E-state index contributed by atoms with van der Waals surface area (Å²) < 4.78 is 0. The van der Waals surface area contributed by atoms with Crippen LogP contribution in [0.15, 0.2) is 24.4 Å². The summed E-state index contributed by atoms with van der Waals surface area (Å²) in [6.07, 6.45) is 2.47. The minimum atomic E-state index is 0.379. The predicted molar refractivity (Wildman–Crippen MR) is 58.8 cm³/mol. The molecular weight excluding hydrogens is 174 g/mol. The molecule has 1 rings (SSSR count). The van der Waals surface area contributed by atoms with Crippen LogP contribution in [-0.2, 0) is 0 Å². The summed E-state index contributed by atoms with van der Waals surface area (Å²) in [5.41, 5.74) is 1.38. The van der Waals surface area contributed by atoms with Crippen LogP contribution in [0.2, 0.25) is 0 Å². The minimum absolute atomic E-state index is 0.379. The molecule has 1 N–H and O–H groups in total. The van der Waals surface area contributed by atoms with Gasteiger partial charge >= 0.3 is 0 Å². The molecule has 0 fully saturated rings. The summed E-state index contributed by atoms with van der Waals surface area (Å²) in [6.45, 7) is 2.11. The smallest absolute Gasteiger partial charge is 0.0837 e. The summed E-state index contributed by atoms with van der Waals surface area (Å²) in [7, 11) is 4.05. The number of rotatable bonds is 4. The third-order valence-electron chi connectivity index (χ3n) is 2.36. The third kappa shape index (κ3) is 2.92. The van der Waals surface area contributed by atoms with Crippen molar-refractivity contribution in [2.75, 3.05) is 14.1 Å². The van der Waals surface area contributed by atoms with E-state index < -0.39 is 0 Å². The van der Waals surface area contributed by atoms with E-state index in [2.05, 4.69) is 16.8 Å². The molecule has 0 spiro atoms. The van der Waals surface area contributed by atoms with Crippen molar-refractivity contribution in [3.8, 4) is 0 Å². The maximum absolute atomic E-state index is 7.86. The van der Waals surface area contributed by atoms with Crippen molar-refractivity contribution in [2.24, 2.45) is 0 Å². The Balaban J connectivity index is 2.60. The summed E-state index contributed by atoms with van der Waals surface area (Å²) in [6, 6.07) is 6.04. The molecule has 1 atom stereocenters. The summed E-state index contributed by atoms with van der Waals surface area (Å²) in [5, 5.41) is 7.86. The van der Waals surface area contributed by atoms with Gasteiger partial charge in [0.15, 0.2) is 0 Å². The second kappa shape index (κ2) is 4.86. The molecule has 0 saturated heterocycles. The summed E-state index contributed by atoms with van der Waals surface area (Å²) >= 11 is 0. The molecule has 0 aromatic carbocycles. The van der Waals surface area contributed by atoms with Crippen LogP contribution in [0.4, 0.5) is 0 Å². The molecule has 0 saturated carbocycles. The van der Waals surface area contributed by atoms with Gasteiger partial charge in [-0.25, -0.2) is 0 Å². The topological polar surface area (TPSA) is 40.0 Å². The van der Waals surface area contributed by atoms with Gasteiger partial charge in [0.2, 0.25) is 0 Å². The van der Waals surface area contributed by atoms with E-state index >= 15 is 0 Å². The number of pyridine rings is 1. The fourth-order valence-electron chi connectivity index (χ4n) is 1.12. The second-order valence-corrected chi connectivity index (χ2v) is 3.71. The molecular formula is C11H17N3. The summed E-state index contributed by atoms with van der Waals surface area (Å²) in [4.78, 5) is 6.26. The van der Waals surface area contributed by atoms with Crippen molar-refractivity contribution in [1.29, 1.82) is 5.41 Å². The third-order valence-corrected chi connectivity index (χ3v) is 2.36. The molecule has 3 nitrogen and oxygen atoms in total. The molecule has 0 aliphatic rings. The molecule has 0 bridgehead atoms. The van der Waals surface area contributed by atoms with E-state index in [0.717, 1.165) is 12.1 Å². The molecule has 3 heteroatoms. The molecule has 0 amide bonds. The standard InChI is InChI=1S/C11H17N3/c1-9(14(2)3)8-10(12)11-6-4-5-7-13-11/h4-7,9,12H,8H2,1-3H3/t9-/m0/s1. The normalized spacial score (nSPS) is 12.9. The maximum Gasteiger partial charge on any atom is 0.0837 e. The zero-order chi connectivity index (χ0) is 10.6. The first-order chi connectivity index (χ1) is 6.61. The number of hydrogen-bond donors (Lipinski definition) is 1. The Morgan fingerprint density at radius 3 is 2.71 bits per heavy atom. The van der Waals surface area contributed by atoms with Gasteiger partial charge in [0.25, 0.3) is 0 Å². The lowest BCUT2D eigenvalue weighted by Crippen LogP contribution is -2.27. The summed E-state index contributed by atoms with van der Waals surface area (Å²) in [5.74, 6) is 0. The molecule has 76 valence electrons. The molecule has 1 heterocycles. The van der Waals surface area contributed by atoms with E-state index in [4.69, 9.17) is 5.41 Å². The highest BCUT2D eigenvalue weighted by Gasteiger charge is 2.09. The molecule has 14 heavy (non-hydrogen) atoms. The Bertz CT molecular complexity index is 293. The SMILES string of the molecule is C[C@@H](CC(=N)c1ccccn1)N(C)C. The van der Waals surface area contributed by atoms with Gasteiger partial charge in [-0.3, -0.25) is 4.98 Å². The highest BCUT2D eigenvalue weighted by Crippen LogP contribution is 2.05. The lowest BCUT2D eigenvalue weighted by molar-refractivity contribution is 0.321. The van der Waals surface area contributed by atoms with Crippen LogP contribution >= 0.6 is 0 Å². The molecule has 1 aromatic rings. The molecule has 0 aliphatic heterocycles. The number of nitrogens with zero attached hydrogens (tertiary/aromatic N) is 2. The zero-order valence-corrected chi connectivity index (χ0v) is 8.99. The van der Waals surface area contributed by atoms with E-state index in [0.29, 0.717) is 11.8 Å². The minimum Gasteiger partial charge on any atom is -0.306 e. The van der Waals surface area contributed by atoms with Gasteiger partial charge in [0.1, 0.15) is 0 Å². The molecule has 1 aromatic heterocycles. The average molecular weight is 191 g/mol. The molecule has 0 aliphatic carbocycles. The van der Waals surface area contributed by atoms with Crippen LogP contribution in [0.3, 0.4) is 0 Å². The van der Waals surface area contributed by atoms with Gasteiger partial charge in [-0.2, -0.15) is 0 Å². The van der Waals surface area contributed by atoms with Crippen LogP contribution in [-0.4, -0.2) is 35.7 Å². The predicted octanol–water partition coefficient (Wildman–Crippen LogP) is 1.79. The van der Waals surface area contributed by atoms with E-state index in [1.54, 1.807) is 6.20 Å². The van der Waals surface area contributed by atoms with Crippen molar-refractivity contribution in [3.63, 3.8) is 0 Å². The first-order valence-corrected chi connectivity index (χ1v) is 4.76. The van der Waals surface area contributed by atoms with E-state index in [1.807, 2.05) is 32.3 Å². The number of nitrogens with one attached hydrogen (secondary N) is 1. The van der Waals surface area contributed by atoms with Gasteiger partial charge < -0.3 is 10.3 Å². The van der Waals surface area contributed by atoms with Crippen LogP contribution in [0, 0.1) is 5.41 Å². The first kappa shape index (κ1) is 10.9. The molecule has 0 radical (unpaired) electrons. The average Bonchev–Trinajstić information content (AvgIpc) is 2.19. The second-order valence-electron chi connectivity index (χ2n) is 3.71. The monoisotopic (exact) mass is 191 g/mol. The Morgan fingerprint density at radius 2 is 2.21 bits per heavy atom. The Hall–Kier alpha value is -1.22. The van der Waals surface area contributed by atoms with Crippen LogP contribution in [0.25, 0.3) is 0 Å². The maximum atomic E-state index is 7.86. The zero-order valence-electron chi connectivity index (χ0n) is 8.99. The lowest BCUT2D eigenvalue weighted by atomic mass is 10.1. The van der Waals surface area contributed by atoms with Gasteiger partial charge in [-0.05, 0) is 33.2 Å². The van der Waals surface area contributed by atoms with Crippen molar-refractivity contribution in [1.82, 2.24) is 9.88 Å². The fourth-order valence-corrected chi connectivity index (χ4v) is 1.12. The number of hydrogen-bond acceptors (Lipinski definition) is 3. The van der Waals surface area contributed by atoms with Crippen LogP contribution in [0.1, 0.15) is 19.0 Å². The highest BCUT2D eigenvalue weighted by atomic mass is 15.1. The largest absolute Gasteiger partial charge is 0.306 e. The first-order valence-electron chi connectivity index (χ1n) is 4.76. The van der Waals surface area contributed by atoms with Gasteiger partial charge in [-0.15, -0.1) is 0 Å². The van der Waals surface area contributed by atoms with Crippen LogP contribution < -0.4 is 0 Å². The van der Waals surface area contributed by atoms with E-state index in [-0.39, 0.29) is 0 Å². The number of aromatic nitrogens is 1. The quantitative estimate of drug-likeness (QED) is 0.737. The van der Waals surface area contributed by atoms with Crippen molar-refractivity contribution in [3.05, 3.63) is 30.1 Å². The Labute approximate surface area is 85.3 Å². The van der Waals surface area contributed by atoms with E-state index in [9.17, 15) is 0 Å². The van der Waals surface area contributed by atoms with Crippen molar-refractivity contribution < 1.29 is 0 Å². The van der Waals surface area contributed by atoms with Gasteiger partial charge in [0.05, 0.1) is 11.4 Å². The highest BCUT2D eigenvalue weighted by molar-refractivity contribution is 5.96. The van der Waals surface area contributed by atoms with Crippen molar-refractivity contribution in [2.45, 2.75) is 19.4 Å². The van der Waals surface area contributed by atoms with Gasteiger partial charge in [-0.1, -0.05) is 6.07 Å². The lowest BCUT2D eigenvalue weighted by Gasteiger charge is -2.19. The van der Waals surface area contributed by atoms with E-state index in [1.165, 1.54) is 0 Å².